The predicted octanol–water partition coefficient (Wildman–Crippen LogP) is 4.97. The predicted molar refractivity (Wildman–Crippen MR) is 266 cm³/mol. The molecule has 4 aromatic carbocycles. The molecule has 0 radical (unpaired) electrons. The van der Waals surface area contributed by atoms with E-state index < -0.39 is 76.9 Å². The number of methoxy groups -OCH3 is 1. The Bertz CT molecular complexity index is 3330. The molecule has 0 aliphatic carbocycles. The van der Waals surface area contributed by atoms with Crippen LogP contribution in [0.4, 0.5) is 11.4 Å². The summed E-state index contributed by atoms with van der Waals surface area (Å²) < 4.78 is 180. The zero-order valence-electron chi connectivity index (χ0n) is 41.5. The zero-order valence-corrected chi connectivity index (χ0v) is 44.8. The van der Waals surface area contributed by atoms with Crippen molar-refractivity contribution in [2.75, 3.05) is 84.6 Å². The lowest BCUT2D eigenvalue weighted by Gasteiger charge is -2.31. The normalized spacial score (nSPS) is 17.6. The summed E-state index contributed by atoms with van der Waals surface area (Å²) >= 11 is 0. The molecule has 25 heteroatoms. The van der Waals surface area contributed by atoms with E-state index in [0.29, 0.717) is 105 Å². The number of hydrogen-bond acceptors (Lipinski definition) is 19. The van der Waals surface area contributed by atoms with Crippen LogP contribution in [0.2, 0.25) is 0 Å². The second-order valence-electron chi connectivity index (χ2n) is 18.3. The van der Waals surface area contributed by atoms with Crippen LogP contribution in [0.15, 0.2) is 92.0 Å². The van der Waals surface area contributed by atoms with Crippen molar-refractivity contribution in [2.24, 2.45) is 0 Å². The number of carboxylic acid groups (broad SMARTS) is 1. The van der Waals surface area contributed by atoms with Gasteiger partial charge in [0, 0.05) is 66.6 Å². The van der Waals surface area contributed by atoms with Crippen molar-refractivity contribution in [3.05, 3.63) is 83.6 Å². The molecule has 1 unspecified atom stereocenters. The molecule has 0 fully saturated rings. The molecule has 4 aromatic rings. The van der Waals surface area contributed by atoms with Gasteiger partial charge in [0.25, 0.3) is 0 Å². The lowest BCUT2D eigenvalue weighted by atomic mass is 9.76. The Kier molecular flexibility index (Phi) is 18.7. The molecular formula is C49H59N2O19S4-3. The standard InChI is InChI=1S/C49H62N2O19S4/c1-6-50-39-16-14-35-37(29-33(71(54,55)56)31-41(35)73(60,61)62)46(39)48(2,3)43(50)11-10-12-44-49(4,18-20-67-23-24-69-27-28-70-26-25-68-22-21-66-5)47-38-30-34(72(57,58)59)32-42(74(63,64)65)36(38)15-17-40(47)51(44)19-9-7-8-13-45(52)53/h10-12,14-17,29-32H,6-9,13,18-28H2,1-5H3,(H4-,52,53,54,55,56,57,58,59,60,61,62,63,64,65)/p-3. The molecule has 0 saturated heterocycles. The zero-order chi connectivity index (χ0) is 54.4. The lowest BCUT2D eigenvalue weighted by Crippen LogP contribution is -2.31. The van der Waals surface area contributed by atoms with Crippen LogP contribution in [-0.4, -0.2) is 153 Å². The largest absolute Gasteiger partial charge is 0.744 e. The molecular weight excluding hydrogens is 1050 g/mol. The Morgan fingerprint density at radius 3 is 1.64 bits per heavy atom. The molecule has 2 aliphatic rings. The SMILES string of the molecule is CC[N+]1=C(/C=C/C=C2/N(CCCCCC(=O)O)c3ccc4c(S(=O)(=O)[O-])cc(S(=O)(=O)[O-])cc4c3C2(C)CCOCCOCCOCCOCCOC)C(C)(C)c2c1ccc1c(S(=O)(=O)[O-])cc(S(=O)(=O)[O-])cc21. The fourth-order valence-electron chi connectivity index (χ4n) is 9.81. The average Bonchev–Trinajstić information content (AvgIpc) is 3.68. The molecule has 74 heavy (non-hydrogen) atoms. The first-order valence-corrected chi connectivity index (χ1v) is 29.2. The molecule has 0 aromatic heterocycles. The van der Waals surface area contributed by atoms with Crippen molar-refractivity contribution < 1.29 is 90.0 Å². The van der Waals surface area contributed by atoms with Gasteiger partial charge in [-0.05, 0) is 111 Å². The maximum absolute atomic E-state index is 12.8. The maximum Gasteiger partial charge on any atom is 0.303 e. The van der Waals surface area contributed by atoms with Gasteiger partial charge in [-0.25, -0.2) is 33.7 Å². The first kappa shape index (κ1) is 58.5. The van der Waals surface area contributed by atoms with E-state index in [1.807, 2.05) is 23.3 Å². The van der Waals surface area contributed by atoms with Gasteiger partial charge in [-0.1, -0.05) is 18.6 Å². The second kappa shape index (κ2) is 23.7. The van der Waals surface area contributed by atoms with Gasteiger partial charge in [0.1, 0.15) is 47.0 Å². The number of fused-ring (bicyclic) bond motifs is 6. The number of anilines is 1. The van der Waals surface area contributed by atoms with Gasteiger partial charge < -0.3 is 51.9 Å². The van der Waals surface area contributed by atoms with Crippen LogP contribution in [0.1, 0.15) is 70.9 Å². The first-order chi connectivity index (χ1) is 34.7. The van der Waals surface area contributed by atoms with Crippen LogP contribution >= 0.6 is 0 Å². The Balaban J connectivity index is 1.44. The highest BCUT2D eigenvalue weighted by atomic mass is 32.2. The van der Waals surface area contributed by atoms with E-state index in [0.717, 1.165) is 12.1 Å². The third-order valence-corrected chi connectivity index (χ3v) is 16.5. The average molecular weight is 1110 g/mol. The topological polar surface area (TPSA) is 318 Å². The molecule has 6 rings (SSSR count). The van der Waals surface area contributed by atoms with E-state index in [1.165, 1.54) is 12.1 Å². The fourth-order valence-corrected chi connectivity index (χ4v) is 12.4. The van der Waals surface area contributed by atoms with Crippen molar-refractivity contribution in [2.45, 2.75) is 90.2 Å². The van der Waals surface area contributed by atoms with Gasteiger partial charge in [-0.15, -0.1) is 0 Å². The van der Waals surface area contributed by atoms with Gasteiger partial charge in [-0.2, -0.15) is 4.58 Å². The van der Waals surface area contributed by atoms with Gasteiger partial charge in [0.15, 0.2) is 5.71 Å². The van der Waals surface area contributed by atoms with Crippen molar-refractivity contribution in [1.29, 1.82) is 0 Å². The molecule has 21 nitrogen and oxygen atoms in total. The van der Waals surface area contributed by atoms with E-state index in [4.69, 9.17) is 23.7 Å². The monoisotopic (exact) mass is 1110 g/mol. The smallest absolute Gasteiger partial charge is 0.303 e. The Morgan fingerprint density at radius 1 is 0.649 bits per heavy atom. The van der Waals surface area contributed by atoms with Crippen LogP contribution < -0.4 is 4.90 Å². The third-order valence-electron chi connectivity index (χ3n) is 13.2. The van der Waals surface area contributed by atoms with Crippen LogP contribution in [-0.2, 0) is 79.8 Å². The van der Waals surface area contributed by atoms with Crippen molar-refractivity contribution in [3.63, 3.8) is 0 Å². The molecule has 0 spiro atoms. The van der Waals surface area contributed by atoms with Gasteiger partial charge in [0.05, 0.1) is 77.9 Å². The number of nitrogens with zero attached hydrogens (tertiary/aromatic N) is 2. The first-order valence-electron chi connectivity index (χ1n) is 23.6. The number of hydrogen-bond donors (Lipinski definition) is 1. The lowest BCUT2D eigenvalue weighted by molar-refractivity contribution is -0.433. The van der Waals surface area contributed by atoms with Crippen LogP contribution in [0.25, 0.3) is 21.5 Å². The van der Waals surface area contributed by atoms with Gasteiger partial charge in [-0.3, -0.25) is 4.79 Å². The minimum atomic E-state index is -5.36. The number of rotatable bonds is 28. The van der Waals surface area contributed by atoms with E-state index in [-0.39, 0.29) is 67.4 Å². The number of allylic oxidation sites excluding steroid dienone is 4. The molecule has 406 valence electrons. The number of unbranched alkanes of at least 4 members (excludes halogenated alkanes) is 2. The number of aliphatic carboxylic acids is 1. The highest BCUT2D eigenvalue weighted by Crippen LogP contribution is 2.54. The van der Waals surface area contributed by atoms with E-state index in [1.54, 1.807) is 51.3 Å². The summed E-state index contributed by atoms with van der Waals surface area (Å²) in [4.78, 5) is 9.73. The maximum atomic E-state index is 12.8. The summed E-state index contributed by atoms with van der Waals surface area (Å²) in [7, 11) is -19.6. The van der Waals surface area contributed by atoms with Gasteiger partial charge in [0.2, 0.25) is 5.69 Å². The third kappa shape index (κ3) is 13.1. The second-order valence-corrected chi connectivity index (χ2v) is 23.8. The van der Waals surface area contributed by atoms with E-state index in [9.17, 15) is 61.8 Å². The summed E-state index contributed by atoms with van der Waals surface area (Å²) in [6.45, 7) is 10.5. The molecule has 1 N–H and O–H groups in total. The molecule has 0 bridgehead atoms. The van der Waals surface area contributed by atoms with Crippen molar-refractivity contribution in [1.82, 2.24) is 0 Å². The fraction of sp³-hybridized carbons (Fsp3) is 0.469. The number of ether oxygens (including phenoxy) is 5. The summed E-state index contributed by atoms with van der Waals surface area (Å²) in [6, 6.07) is 9.20. The summed E-state index contributed by atoms with van der Waals surface area (Å²) in [5.74, 6) is -0.969. The molecule has 2 aliphatic heterocycles. The highest BCUT2D eigenvalue weighted by molar-refractivity contribution is 7.87. The van der Waals surface area contributed by atoms with Crippen molar-refractivity contribution >= 4 is 85.1 Å². The number of carboxylic acids is 1. The van der Waals surface area contributed by atoms with Crippen LogP contribution in [0, 0.1) is 0 Å². The quantitative estimate of drug-likeness (QED) is 0.0445. The highest BCUT2D eigenvalue weighted by Gasteiger charge is 2.47. The molecule has 2 heterocycles. The van der Waals surface area contributed by atoms with Gasteiger partial charge >= 0.3 is 5.97 Å². The molecule has 1 atom stereocenters. The summed E-state index contributed by atoms with van der Waals surface area (Å²) in [5.41, 5.74) is 0.822. The molecule has 0 saturated carbocycles. The van der Waals surface area contributed by atoms with Crippen LogP contribution in [0.5, 0.6) is 0 Å². The Labute approximate surface area is 431 Å². The van der Waals surface area contributed by atoms with Crippen molar-refractivity contribution in [3.8, 4) is 0 Å². The molecule has 0 amide bonds. The Morgan fingerprint density at radius 2 is 1.15 bits per heavy atom. The summed E-state index contributed by atoms with van der Waals surface area (Å²) in [5, 5.41) is 9.22. The minimum Gasteiger partial charge on any atom is -0.744 e. The minimum absolute atomic E-state index is 0.0109. The number of carbonyl (C=O) groups is 1. The van der Waals surface area contributed by atoms with Crippen LogP contribution in [0.3, 0.4) is 0 Å². The Hall–Kier alpha value is -4.74. The van der Waals surface area contributed by atoms with E-state index in [2.05, 4.69) is 0 Å². The number of benzene rings is 4. The van der Waals surface area contributed by atoms with E-state index >= 15 is 0 Å². The summed E-state index contributed by atoms with van der Waals surface area (Å²) in [6.07, 6.45) is 6.67.